The number of nitro benzene ring substituents is 1. The number of carbonyl (C=O) groups is 2. The number of anilines is 1. The van der Waals surface area contributed by atoms with Crippen LogP contribution in [0, 0.1) is 15.9 Å². The first-order valence-corrected chi connectivity index (χ1v) is 9.98. The number of para-hydroxylation sites is 1. The molecule has 0 spiro atoms. The molecule has 1 aliphatic heterocycles. The number of carbonyl (C=O) groups excluding carboxylic acids is 2. The Hall–Kier alpha value is -4.11. The summed E-state index contributed by atoms with van der Waals surface area (Å²) in [6, 6.07) is 15.9. The minimum atomic E-state index is -2.17. The van der Waals surface area contributed by atoms with Crippen LogP contribution in [0.5, 0.6) is 5.75 Å². The molecule has 0 radical (unpaired) electrons. The maximum atomic E-state index is 13.6. The molecule has 3 aromatic rings. The van der Waals surface area contributed by atoms with Gasteiger partial charge in [-0.3, -0.25) is 19.7 Å². The van der Waals surface area contributed by atoms with Crippen LogP contribution in [-0.2, 0) is 16.9 Å². The standard InChI is InChI=1S/C24H19FN2O6/c1-33-22-10-9-16(12-20(22)27(31)32)21(28)13-24(30)18-7-2-3-8-19(18)26(23(24)29)14-15-5-4-6-17(25)11-15/h2-12,30H,13-14H2,1H3. The van der Waals surface area contributed by atoms with Gasteiger partial charge in [-0.15, -0.1) is 0 Å². The van der Waals surface area contributed by atoms with E-state index in [0.29, 0.717) is 11.3 Å². The number of rotatable bonds is 7. The molecular weight excluding hydrogens is 431 g/mol. The van der Waals surface area contributed by atoms with Crippen molar-refractivity contribution in [1.82, 2.24) is 0 Å². The van der Waals surface area contributed by atoms with E-state index in [0.717, 1.165) is 6.07 Å². The van der Waals surface area contributed by atoms with Gasteiger partial charge in [0.15, 0.2) is 17.1 Å². The van der Waals surface area contributed by atoms with E-state index >= 15 is 0 Å². The number of ketones is 1. The van der Waals surface area contributed by atoms with E-state index in [1.54, 1.807) is 30.3 Å². The normalized spacial score (nSPS) is 17.1. The molecule has 0 bridgehead atoms. The van der Waals surface area contributed by atoms with E-state index in [-0.39, 0.29) is 23.4 Å². The van der Waals surface area contributed by atoms with E-state index in [1.807, 2.05) is 0 Å². The highest BCUT2D eigenvalue weighted by Gasteiger charge is 2.50. The maximum Gasteiger partial charge on any atom is 0.311 e. The number of ether oxygens (including phenoxy) is 1. The van der Waals surface area contributed by atoms with Gasteiger partial charge in [-0.2, -0.15) is 0 Å². The zero-order valence-electron chi connectivity index (χ0n) is 17.5. The van der Waals surface area contributed by atoms with Gasteiger partial charge in [-0.05, 0) is 35.9 Å². The van der Waals surface area contributed by atoms with Crippen LogP contribution >= 0.6 is 0 Å². The summed E-state index contributed by atoms with van der Waals surface area (Å²) in [5.74, 6) is -1.86. The highest BCUT2D eigenvalue weighted by atomic mass is 19.1. The first kappa shape index (κ1) is 22.1. The molecule has 0 saturated carbocycles. The Balaban J connectivity index is 1.67. The van der Waals surface area contributed by atoms with Gasteiger partial charge in [-0.25, -0.2) is 4.39 Å². The summed E-state index contributed by atoms with van der Waals surface area (Å²) < 4.78 is 18.6. The van der Waals surface area contributed by atoms with Crippen LogP contribution in [0.3, 0.4) is 0 Å². The van der Waals surface area contributed by atoms with E-state index in [9.17, 15) is 29.2 Å². The number of halogens is 1. The molecule has 4 rings (SSSR count). The monoisotopic (exact) mass is 450 g/mol. The molecule has 0 aliphatic carbocycles. The van der Waals surface area contributed by atoms with Gasteiger partial charge in [0.05, 0.1) is 30.7 Å². The lowest BCUT2D eigenvalue weighted by molar-refractivity contribution is -0.385. The lowest BCUT2D eigenvalue weighted by Crippen LogP contribution is -2.41. The van der Waals surface area contributed by atoms with E-state index in [1.165, 1.54) is 42.3 Å². The average molecular weight is 450 g/mol. The van der Waals surface area contributed by atoms with E-state index < -0.39 is 40.1 Å². The van der Waals surface area contributed by atoms with Crippen molar-refractivity contribution in [1.29, 1.82) is 0 Å². The van der Waals surface area contributed by atoms with Gasteiger partial charge in [0.2, 0.25) is 0 Å². The average Bonchev–Trinajstić information content (AvgIpc) is 3.00. The van der Waals surface area contributed by atoms with Crippen molar-refractivity contribution >= 4 is 23.1 Å². The second kappa shape index (κ2) is 8.44. The summed E-state index contributed by atoms with van der Waals surface area (Å²) in [4.78, 5) is 38.2. The third-order valence-electron chi connectivity index (χ3n) is 5.58. The molecule has 1 aliphatic rings. The molecule has 9 heteroatoms. The third-order valence-corrected chi connectivity index (χ3v) is 5.58. The number of nitrogens with zero attached hydrogens (tertiary/aromatic N) is 2. The number of amides is 1. The molecular formula is C24H19FN2O6. The lowest BCUT2D eigenvalue weighted by atomic mass is 9.88. The first-order valence-electron chi connectivity index (χ1n) is 9.98. The molecule has 1 heterocycles. The van der Waals surface area contributed by atoms with Crippen molar-refractivity contribution in [2.75, 3.05) is 12.0 Å². The Morgan fingerprint density at radius 1 is 1.15 bits per heavy atom. The predicted octanol–water partition coefficient (Wildman–Crippen LogP) is 3.75. The zero-order chi connectivity index (χ0) is 23.8. The van der Waals surface area contributed by atoms with Gasteiger partial charge in [0.1, 0.15) is 5.82 Å². The topological polar surface area (TPSA) is 110 Å². The largest absolute Gasteiger partial charge is 0.490 e. The molecule has 1 amide bonds. The summed E-state index contributed by atoms with van der Waals surface area (Å²) in [7, 11) is 1.27. The number of benzene rings is 3. The molecule has 0 fully saturated rings. The van der Waals surface area contributed by atoms with Crippen molar-refractivity contribution in [2.45, 2.75) is 18.6 Å². The van der Waals surface area contributed by atoms with Crippen LogP contribution in [0.25, 0.3) is 0 Å². The molecule has 8 nitrogen and oxygen atoms in total. The summed E-state index contributed by atoms with van der Waals surface area (Å²) in [5, 5.41) is 22.7. The second-order valence-corrected chi connectivity index (χ2v) is 7.64. The quantitative estimate of drug-likeness (QED) is 0.334. The molecule has 33 heavy (non-hydrogen) atoms. The van der Waals surface area contributed by atoms with Crippen LogP contribution < -0.4 is 9.64 Å². The Morgan fingerprint density at radius 2 is 1.91 bits per heavy atom. The number of aliphatic hydroxyl groups is 1. The van der Waals surface area contributed by atoms with Crippen molar-refractivity contribution in [3.8, 4) is 5.75 Å². The highest BCUT2D eigenvalue weighted by Crippen LogP contribution is 2.43. The van der Waals surface area contributed by atoms with Crippen molar-refractivity contribution < 1.29 is 28.7 Å². The Labute approximate surface area is 188 Å². The smallest absolute Gasteiger partial charge is 0.311 e. The molecule has 3 aromatic carbocycles. The summed E-state index contributed by atoms with van der Waals surface area (Å²) >= 11 is 0. The summed E-state index contributed by atoms with van der Waals surface area (Å²) in [6.07, 6.45) is -0.619. The Kier molecular flexibility index (Phi) is 5.65. The SMILES string of the molecule is COc1ccc(C(=O)CC2(O)C(=O)N(Cc3cccc(F)c3)c3ccccc32)cc1[N+](=O)[O-]. The van der Waals surface area contributed by atoms with Gasteiger partial charge in [-0.1, -0.05) is 30.3 Å². The molecule has 0 saturated heterocycles. The number of hydrogen-bond donors (Lipinski definition) is 1. The number of nitro groups is 1. The van der Waals surface area contributed by atoms with Crippen LogP contribution in [-0.4, -0.2) is 28.8 Å². The molecule has 1 unspecified atom stereocenters. The predicted molar refractivity (Wildman–Crippen MR) is 117 cm³/mol. The van der Waals surface area contributed by atoms with E-state index in [2.05, 4.69) is 0 Å². The van der Waals surface area contributed by atoms with Crippen LogP contribution in [0.4, 0.5) is 15.8 Å². The fraction of sp³-hybridized carbons (Fsp3) is 0.167. The van der Waals surface area contributed by atoms with Crippen molar-refractivity contribution in [2.24, 2.45) is 0 Å². The highest BCUT2D eigenvalue weighted by molar-refractivity contribution is 6.10. The minimum absolute atomic E-state index is 0.00187. The fourth-order valence-electron chi connectivity index (χ4n) is 3.99. The van der Waals surface area contributed by atoms with Gasteiger partial charge >= 0.3 is 5.69 Å². The van der Waals surface area contributed by atoms with Crippen LogP contribution in [0.1, 0.15) is 27.9 Å². The number of fused-ring (bicyclic) bond motifs is 1. The van der Waals surface area contributed by atoms with Crippen molar-refractivity contribution in [3.63, 3.8) is 0 Å². The zero-order valence-corrected chi connectivity index (χ0v) is 17.5. The van der Waals surface area contributed by atoms with Crippen LogP contribution in [0.2, 0.25) is 0 Å². The molecule has 168 valence electrons. The minimum Gasteiger partial charge on any atom is -0.490 e. The Bertz CT molecular complexity index is 1280. The van der Waals surface area contributed by atoms with Gasteiger partial charge in [0.25, 0.3) is 5.91 Å². The molecule has 0 aromatic heterocycles. The van der Waals surface area contributed by atoms with Gasteiger partial charge < -0.3 is 14.7 Å². The van der Waals surface area contributed by atoms with Crippen molar-refractivity contribution in [3.05, 3.63) is 99.4 Å². The first-order chi connectivity index (χ1) is 15.7. The molecule has 1 N–H and O–H groups in total. The van der Waals surface area contributed by atoms with Crippen LogP contribution in [0.15, 0.2) is 66.7 Å². The molecule has 1 atom stereocenters. The van der Waals surface area contributed by atoms with E-state index in [4.69, 9.17) is 4.74 Å². The number of hydrogen-bond acceptors (Lipinski definition) is 6. The third kappa shape index (κ3) is 3.94. The summed E-state index contributed by atoms with van der Waals surface area (Å²) in [5.41, 5.74) is -1.45. The fourth-order valence-corrected chi connectivity index (χ4v) is 3.99. The number of Topliss-reactive ketones (excluding diaryl/α,β-unsaturated/α-hetero) is 1. The second-order valence-electron chi connectivity index (χ2n) is 7.64. The Morgan fingerprint density at radius 3 is 2.61 bits per heavy atom. The lowest BCUT2D eigenvalue weighted by Gasteiger charge is -2.23. The van der Waals surface area contributed by atoms with Gasteiger partial charge in [0, 0.05) is 17.2 Å². The number of methoxy groups -OCH3 is 1. The maximum absolute atomic E-state index is 13.6. The summed E-state index contributed by atoms with van der Waals surface area (Å²) in [6.45, 7) is -0.00187.